The summed E-state index contributed by atoms with van der Waals surface area (Å²) in [6.07, 6.45) is 9.87. The monoisotopic (exact) mass is 413 g/mol. The maximum atomic E-state index is 8.78. The fraction of sp³-hybridized carbons (Fsp3) is 0.478. The number of nitrogens with one attached hydrogen (secondary N) is 1. The molecule has 2 aromatic heterocycles. The first-order chi connectivity index (χ1) is 14.3. The largest absolute Gasteiger partial charge is 0.493 e. The van der Waals surface area contributed by atoms with E-state index in [1.165, 1.54) is 25.7 Å². The molecule has 0 aliphatic carbocycles. The Morgan fingerprint density at radius 2 is 1.76 bits per heavy atom. The second-order valence-electron chi connectivity index (χ2n) is 7.28. The lowest BCUT2D eigenvalue weighted by Gasteiger charge is -2.11. The number of rotatable bonds is 13. The molecule has 2 heterocycles. The van der Waals surface area contributed by atoms with Crippen LogP contribution in [0.15, 0.2) is 41.7 Å². The first-order valence-corrected chi connectivity index (χ1v) is 11.5. The van der Waals surface area contributed by atoms with Gasteiger partial charge in [0, 0.05) is 24.1 Å². The van der Waals surface area contributed by atoms with Gasteiger partial charge in [0.15, 0.2) is 5.16 Å². The molecule has 0 aliphatic heterocycles. The van der Waals surface area contributed by atoms with Crippen molar-refractivity contribution in [1.82, 2.24) is 15.0 Å². The van der Waals surface area contributed by atoms with Gasteiger partial charge in [-0.25, -0.2) is 4.98 Å². The topological polar surface area (TPSA) is 71.0 Å². The van der Waals surface area contributed by atoms with Gasteiger partial charge in [0.1, 0.15) is 5.75 Å². The Morgan fingerprint density at radius 1 is 1.00 bits per heavy atom. The number of aromatic amines is 1. The van der Waals surface area contributed by atoms with Gasteiger partial charge in [0.2, 0.25) is 0 Å². The fourth-order valence-electron chi connectivity index (χ4n) is 3.28. The third-order valence-corrected chi connectivity index (χ3v) is 5.92. The molecule has 6 heteroatoms. The number of aromatic nitrogens is 3. The number of hydrogen-bond donors (Lipinski definition) is 2. The number of aliphatic hydroxyl groups is 1. The molecular weight excluding hydrogens is 382 g/mol. The number of H-pyrrole nitrogens is 1. The zero-order valence-electron chi connectivity index (χ0n) is 17.2. The number of aliphatic hydroxyl groups excluding tert-OH is 1. The average molecular weight is 414 g/mol. The highest BCUT2D eigenvalue weighted by atomic mass is 32.2. The van der Waals surface area contributed by atoms with E-state index < -0.39 is 0 Å². The first kappa shape index (κ1) is 21.7. The van der Waals surface area contributed by atoms with Crippen molar-refractivity contribution in [3.63, 3.8) is 0 Å². The van der Waals surface area contributed by atoms with Crippen LogP contribution < -0.4 is 4.74 Å². The van der Waals surface area contributed by atoms with Crippen LogP contribution >= 0.6 is 11.8 Å². The highest BCUT2D eigenvalue weighted by Gasteiger charge is 2.09. The number of hydrogen-bond acceptors (Lipinski definition) is 5. The van der Waals surface area contributed by atoms with Crippen LogP contribution in [-0.2, 0) is 5.75 Å². The van der Waals surface area contributed by atoms with Crippen molar-refractivity contribution in [3.05, 3.63) is 47.8 Å². The number of fused-ring (bicyclic) bond motifs is 1. The van der Waals surface area contributed by atoms with Crippen LogP contribution in [0.1, 0.15) is 56.2 Å². The lowest BCUT2D eigenvalue weighted by Crippen LogP contribution is -2.02. The number of benzene rings is 1. The Bertz CT molecular complexity index is 848. The van der Waals surface area contributed by atoms with Crippen molar-refractivity contribution in [2.24, 2.45) is 0 Å². The van der Waals surface area contributed by atoms with E-state index in [1.807, 2.05) is 36.5 Å². The highest BCUT2D eigenvalue weighted by molar-refractivity contribution is 7.98. The smallest absolute Gasteiger partial charge is 0.166 e. The van der Waals surface area contributed by atoms with E-state index >= 15 is 0 Å². The minimum Gasteiger partial charge on any atom is -0.493 e. The second-order valence-corrected chi connectivity index (χ2v) is 8.24. The van der Waals surface area contributed by atoms with E-state index in [2.05, 4.69) is 21.9 Å². The van der Waals surface area contributed by atoms with Crippen molar-refractivity contribution < 1.29 is 9.84 Å². The zero-order valence-corrected chi connectivity index (χ0v) is 18.0. The third-order valence-electron chi connectivity index (χ3n) is 5.03. The van der Waals surface area contributed by atoms with Crippen LogP contribution in [0.3, 0.4) is 0 Å². The van der Waals surface area contributed by atoms with Gasteiger partial charge < -0.3 is 14.8 Å². The summed E-state index contributed by atoms with van der Waals surface area (Å²) < 4.78 is 6.02. The van der Waals surface area contributed by atoms with E-state index in [4.69, 9.17) is 9.84 Å². The van der Waals surface area contributed by atoms with E-state index in [1.54, 1.807) is 11.8 Å². The standard InChI is InChI=1S/C23H31N3O2S/c1-18-21(17-29-23-25-19-11-7-8-12-20(19)26-23)24-14-13-22(18)28-16-10-6-4-2-3-5-9-15-27/h7-8,11-14,27H,2-6,9-10,15-17H2,1H3,(H,25,26). The number of imidazole rings is 1. The minimum atomic E-state index is 0.317. The molecule has 3 rings (SSSR count). The highest BCUT2D eigenvalue weighted by Crippen LogP contribution is 2.27. The van der Waals surface area contributed by atoms with Gasteiger partial charge in [0.25, 0.3) is 0 Å². The SMILES string of the molecule is Cc1c(OCCCCCCCCCO)ccnc1CSc1nc2ccccc2[nH]1. The van der Waals surface area contributed by atoms with E-state index in [9.17, 15) is 0 Å². The zero-order chi connectivity index (χ0) is 20.3. The summed E-state index contributed by atoms with van der Waals surface area (Å²) in [5.74, 6) is 1.69. The molecule has 0 atom stereocenters. The van der Waals surface area contributed by atoms with Crippen molar-refractivity contribution in [1.29, 1.82) is 0 Å². The maximum absolute atomic E-state index is 8.78. The molecule has 2 N–H and O–H groups in total. The number of thioether (sulfide) groups is 1. The van der Waals surface area contributed by atoms with E-state index in [0.29, 0.717) is 6.61 Å². The van der Waals surface area contributed by atoms with Crippen LogP contribution in [0.4, 0.5) is 0 Å². The molecule has 0 unspecified atom stereocenters. The predicted molar refractivity (Wildman–Crippen MR) is 120 cm³/mol. The fourth-order valence-corrected chi connectivity index (χ4v) is 4.18. The number of para-hydroxylation sites is 2. The lowest BCUT2D eigenvalue weighted by atomic mass is 10.1. The molecule has 0 radical (unpaired) electrons. The Kier molecular flexibility index (Phi) is 8.83. The summed E-state index contributed by atoms with van der Waals surface area (Å²) in [7, 11) is 0. The number of unbranched alkanes of at least 4 members (excludes halogenated alkanes) is 6. The molecule has 0 saturated carbocycles. The van der Waals surface area contributed by atoms with Gasteiger partial charge in [-0.1, -0.05) is 56.0 Å². The Balaban J connectivity index is 1.42. The van der Waals surface area contributed by atoms with Gasteiger partial charge in [-0.15, -0.1) is 0 Å². The number of nitrogens with zero attached hydrogens (tertiary/aromatic N) is 2. The number of pyridine rings is 1. The predicted octanol–water partition coefficient (Wildman–Crippen LogP) is 5.66. The Morgan fingerprint density at radius 3 is 2.55 bits per heavy atom. The summed E-state index contributed by atoms with van der Waals surface area (Å²) in [4.78, 5) is 12.5. The van der Waals surface area contributed by atoms with Crippen LogP contribution in [0.25, 0.3) is 11.0 Å². The molecule has 0 aliphatic rings. The first-order valence-electron chi connectivity index (χ1n) is 10.5. The molecule has 0 bridgehead atoms. The van der Waals surface area contributed by atoms with Crippen LogP contribution in [0, 0.1) is 6.92 Å². The molecule has 3 aromatic rings. The molecule has 0 fully saturated rings. The van der Waals surface area contributed by atoms with Gasteiger partial charge in [-0.2, -0.15) is 0 Å². The molecule has 1 aromatic carbocycles. The van der Waals surface area contributed by atoms with E-state index in [-0.39, 0.29) is 0 Å². The van der Waals surface area contributed by atoms with Crippen LogP contribution in [-0.4, -0.2) is 33.3 Å². The Labute approximate surface area is 177 Å². The van der Waals surface area contributed by atoms with Gasteiger partial charge in [0.05, 0.1) is 23.3 Å². The van der Waals surface area contributed by atoms with Crippen molar-refractivity contribution in [2.45, 2.75) is 62.8 Å². The summed E-state index contributed by atoms with van der Waals surface area (Å²) in [6, 6.07) is 10.0. The molecule has 0 spiro atoms. The Hall–Kier alpha value is -2.05. The van der Waals surface area contributed by atoms with Crippen molar-refractivity contribution in [2.75, 3.05) is 13.2 Å². The molecule has 0 amide bonds. The molecule has 5 nitrogen and oxygen atoms in total. The maximum Gasteiger partial charge on any atom is 0.166 e. The van der Waals surface area contributed by atoms with Gasteiger partial charge >= 0.3 is 0 Å². The van der Waals surface area contributed by atoms with Crippen LogP contribution in [0.5, 0.6) is 5.75 Å². The van der Waals surface area contributed by atoms with Crippen LogP contribution in [0.2, 0.25) is 0 Å². The summed E-state index contributed by atoms with van der Waals surface area (Å²) >= 11 is 1.66. The number of ether oxygens (including phenoxy) is 1. The molecule has 156 valence electrons. The van der Waals surface area contributed by atoms with Crippen molar-refractivity contribution >= 4 is 22.8 Å². The summed E-state index contributed by atoms with van der Waals surface area (Å²) in [5.41, 5.74) is 4.20. The minimum absolute atomic E-state index is 0.317. The summed E-state index contributed by atoms with van der Waals surface area (Å²) in [5, 5.41) is 9.70. The second kappa shape index (κ2) is 11.8. The van der Waals surface area contributed by atoms with Gasteiger partial charge in [-0.3, -0.25) is 4.98 Å². The normalized spacial score (nSPS) is 11.2. The molecule has 29 heavy (non-hydrogen) atoms. The quantitative estimate of drug-likeness (QED) is 0.279. The lowest BCUT2D eigenvalue weighted by molar-refractivity contribution is 0.281. The average Bonchev–Trinajstić information content (AvgIpc) is 3.16. The van der Waals surface area contributed by atoms with Crippen molar-refractivity contribution in [3.8, 4) is 5.75 Å². The van der Waals surface area contributed by atoms with E-state index in [0.717, 1.165) is 64.8 Å². The summed E-state index contributed by atoms with van der Waals surface area (Å²) in [6.45, 7) is 3.15. The third kappa shape index (κ3) is 6.75. The molecular formula is C23H31N3O2S. The van der Waals surface area contributed by atoms with Gasteiger partial charge in [-0.05, 0) is 38.0 Å². The molecule has 0 saturated heterocycles.